The molecule has 0 heterocycles. The van der Waals surface area contributed by atoms with E-state index >= 15 is 0 Å². The zero-order valence-electron chi connectivity index (χ0n) is 14.2. The molecule has 8 heteroatoms. The number of carbonyl (C=O) groups is 1. The van der Waals surface area contributed by atoms with Gasteiger partial charge in [-0.2, -0.15) is 8.78 Å². The van der Waals surface area contributed by atoms with E-state index < -0.39 is 26.8 Å². The molecule has 0 radical (unpaired) electrons. The highest BCUT2D eigenvalue weighted by Crippen LogP contribution is 2.73. The molecule has 4 saturated carbocycles. The van der Waals surface area contributed by atoms with Gasteiger partial charge in [-0.15, -0.1) is 0 Å². The molecule has 138 valence electrons. The highest BCUT2D eigenvalue weighted by atomic mass is 32.2. The summed E-state index contributed by atoms with van der Waals surface area (Å²) in [7, 11) is -6.07. The molecule has 0 spiro atoms. The molecule has 4 aliphatic rings. The number of hydrogen-bond acceptors (Lipinski definition) is 5. The standard InChI is InChI=1S/C16H24F2O5S/c1-12-4-13(2)6-14(3,5-12)9-15(7-12,8-13)10-23-11(19)16(17,18)24(20,21)22/h4-10H2,1-3H3,(H,20,21,22)/p-1. The van der Waals surface area contributed by atoms with E-state index in [1.54, 1.807) is 0 Å². The number of alkyl halides is 2. The van der Waals surface area contributed by atoms with Crippen LogP contribution in [0.15, 0.2) is 0 Å². The van der Waals surface area contributed by atoms with Gasteiger partial charge in [0.05, 0.1) is 6.61 Å². The average Bonchev–Trinajstić information content (AvgIpc) is 2.28. The Balaban J connectivity index is 1.80. The number of halogens is 2. The minimum atomic E-state index is -6.07. The lowest BCUT2D eigenvalue weighted by atomic mass is 9.36. The highest BCUT2D eigenvalue weighted by molar-refractivity contribution is 7.87. The predicted octanol–water partition coefficient (Wildman–Crippen LogP) is 3.05. The molecule has 0 aromatic carbocycles. The summed E-state index contributed by atoms with van der Waals surface area (Å²) in [5, 5.41) is -5.03. The molecule has 0 aliphatic heterocycles. The summed E-state index contributed by atoms with van der Waals surface area (Å²) in [6, 6.07) is 0. The van der Waals surface area contributed by atoms with E-state index in [1.807, 2.05) is 0 Å². The molecule has 4 aliphatic carbocycles. The van der Waals surface area contributed by atoms with Gasteiger partial charge >= 0.3 is 11.2 Å². The van der Waals surface area contributed by atoms with Gasteiger partial charge in [0.2, 0.25) is 0 Å². The Kier molecular flexibility index (Phi) is 3.53. The summed E-state index contributed by atoms with van der Waals surface area (Å²) in [6.07, 6.45) is 5.51. The van der Waals surface area contributed by atoms with Crippen LogP contribution in [-0.2, 0) is 19.6 Å². The molecule has 0 saturated heterocycles. The normalized spacial score (nSPS) is 44.6. The van der Waals surface area contributed by atoms with Crippen LogP contribution in [0.5, 0.6) is 0 Å². The molecule has 0 aromatic heterocycles. The van der Waals surface area contributed by atoms with Gasteiger partial charge in [-0.1, -0.05) is 20.8 Å². The predicted molar refractivity (Wildman–Crippen MR) is 80.1 cm³/mol. The maximum absolute atomic E-state index is 13.3. The molecular formula is C16H23F2O5S-. The maximum atomic E-state index is 13.3. The topological polar surface area (TPSA) is 83.5 Å². The smallest absolute Gasteiger partial charge is 0.428 e. The van der Waals surface area contributed by atoms with Gasteiger partial charge in [0.25, 0.3) is 0 Å². The Hall–Kier alpha value is -0.760. The van der Waals surface area contributed by atoms with E-state index in [2.05, 4.69) is 25.5 Å². The zero-order valence-corrected chi connectivity index (χ0v) is 15.0. The van der Waals surface area contributed by atoms with E-state index in [4.69, 9.17) is 0 Å². The number of ether oxygens (including phenoxy) is 1. The number of rotatable bonds is 4. The van der Waals surface area contributed by atoms with Gasteiger partial charge in [-0.25, -0.2) is 13.2 Å². The van der Waals surface area contributed by atoms with E-state index in [0.29, 0.717) is 0 Å². The summed E-state index contributed by atoms with van der Waals surface area (Å²) in [5.41, 5.74) is -0.168. The van der Waals surface area contributed by atoms with Crippen LogP contribution in [0, 0.1) is 21.7 Å². The minimum absolute atomic E-state index is 0.0811. The number of carbonyl (C=O) groups excluding carboxylic acids is 1. The van der Waals surface area contributed by atoms with Gasteiger partial charge in [0, 0.05) is 5.41 Å². The third kappa shape index (κ3) is 2.75. The second-order valence-corrected chi connectivity index (χ2v) is 11.0. The summed E-state index contributed by atoms with van der Waals surface area (Å²) in [6.45, 7) is 6.31. The lowest BCUT2D eigenvalue weighted by Gasteiger charge is -2.68. The van der Waals surface area contributed by atoms with Crippen molar-refractivity contribution in [3.05, 3.63) is 0 Å². The van der Waals surface area contributed by atoms with Crippen LogP contribution in [0.25, 0.3) is 0 Å². The van der Waals surface area contributed by atoms with Gasteiger partial charge in [0.1, 0.15) is 0 Å². The van der Waals surface area contributed by atoms with Crippen molar-refractivity contribution in [2.24, 2.45) is 21.7 Å². The van der Waals surface area contributed by atoms with Crippen molar-refractivity contribution in [2.75, 3.05) is 6.61 Å². The molecule has 0 amide bonds. The van der Waals surface area contributed by atoms with Crippen molar-refractivity contribution < 1.29 is 31.3 Å². The van der Waals surface area contributed by atoms with Crippen molar-refractivity contribution in [2.45, 2.75) is 64.6 Å². The van der Waals surface area contributed by atoms with Gasteiger partial charge in [-0.3, -0.25) is 0 Å². The quantitative estimate of drug-likeness (QED) is 0.565. The molecule has 0 unspecified atom stereocenters. The average molecular weight is 365 g/mol. The molecule has 0 atom stereocenters. The van der Waals surface area contributed by atoms with E-state index in [9.17, 15) is 26.5 Å². The van der Waals surface area contributed by atoms with Crippen molar-refractivity contribution in [3.63, 3.8) is 0 Å². The molecule has 0 N–H and O–H groups in total. The Labute approximate surface area is 140 Å². The maximum Gasteiger partial charge on any atom is 0.428 e. The van der Waals surface area contributed by atoms with Gasteiger partial charge in [0.15, 0.2) is 10.1 Å². The molecule has 24 heavy (non-hydrogen) atoms. The van der Waals surface area contributed by atoms with Crippen LogP contribution >= 0.6 is 0 Å². The van der Waals surface area contributed by atoms with Crippen LogP contribution in [0.4, 0.5) is 8.78 Å². The summed E-state index contributed by atoms with van der Waals surface area (Å²) >= 11 is 0. The van der Waals surface area contributed by atoms with Crippen LogP contribution < -0.4 is 0 Å². The summed E-state index contributed by atoms with van der Waals surface area (Å²) in [4.78, 5) is 11.5. The Morgan fingerprint density at radius 2 is 1.38 bits per heavy atom. The molecule has 4 bridgehead atoms. The first kappa shape index (κ1) is 18.0. The van der Waals surface area contributed by atoms with Gasteiger partial charge < -0.3 is 9.29 Å². The largest absolute Gasteiger partial charge is 0.743 e. The van der Waals surface area contributed by atoms with Gasteiger partial charge in [-0.05, 0) is 54.8 Å². The van der Waals surface area contributed by atoms with Crippen LogP contribution in [0.1, 0.15) is 59.3 Å². The fourth-order valence-corrected chi connectivity index (χ4v) is 7.38. The molecular weight excluding hydrogens is 342 g/mol. The second kappa shape index (κ2) is 4.69. The fraction of sp³-hybridized carbons (Fsp3) is 0.938. The summed E-state index contributed by atoms with van der Waals surface area (Å²) in [5.74, 6) is -2.26. The minimum Gasteiger partial charge on any atom is -0.743 e. The Morgan fingerprint density at radius 1 is 1.00 bits per heavy atom. The Bertz CT molecular complexity index is 633. The van der Waals surface area contributed by atoms with E-state index in [0.717, 1.165) is 38.5 Å². The molecule has 5 nitrogen and oxygen atoms in total. The summed E-state index contributed by atoms with van der Waals surface area (Å²) < 4.78 is 63.0. The molecule has 4 fully saturated rings. The third-order valence-corrected chi connectivity index (χ3v) is 6.82. The highest BCUT2D eigenvalue weighted by Gasteiger charge is 2.64. The van der Waals surface area contributed by atoms with Crippen LogP contribution in [-0.4, -0.2) is 30.8 Å². The van der Waals surface area contributed by atoms with Crippen molar-refractivity contribution >= 4 is 16.1 Å². The molecule has 0 aromatic rings. The first-order valence-corrected chi connectivity index (χ1v) is 9.53. The lowest BCUT2D eigenvalue weighted by molar-refractivity contribution is -0.208. The monoisotopic (exact) mass is 365 g/mol. The van der Waals surface area contributed by atoms with Crippen LogP contribution in [0.3, 0.4) is 0 Å². The third-order valence-electron chi connectivity index (χ3n) is 6.03. The lowest BCUT2D eigenvalue weighted by Crippen LogP contribution is -2.60. The first-order valence-electron chi connectivity index (χ1n) is 8.13. The van der Waals surface area contributed by atoms with E-state index in [1.165, 1.54) is 0 Å². The van der Waals surface area contributed by atoms with Crippen LogP contribution in [0.2, 0.25) is 0 Å². The first-order chi connectivity index (χ1) is 10.6. The van der Waals surface area contributed by atoms with E-state index in [-0.39, 0.29) is 22.9 Å². The Morgan fingerprint density at radius 3 is 1.71 bits per heavy atom. The SMILES string of the molecule is CC12CC3(C)CC(C)(C1)CC(COC(=O)C(F)(F)S(=O)(=O)[O-])(C2)C3. The van der Waals surface area contributed by atoms with Crippen molar-refractivity contribution in [1.29, 1.82) is 0 Å². The fourth-order valence-electron chi connectivity index (χ4n) is 7.11. The number of esters is 1. The second-order valence-electron chi connectivity index (χ2n) is 9.54. The van der Waals surface area contributed by atoms with Crippen molar-refractivity contribution in [3.8, 4) is 0 Å². The van der Waals surface area contributed by atoms with Crippen molar-refractivity contribution in [1.82, 2.24) is 0 Å². The number of hydrogen-bond donors (Lipinski definition) is 0. The molecule has 4 rings (SSSR count). The zero-order chi connectivity index (χ0) is 18.2.